The second-order valence-electron chi connectivity index (χ2n) is 28.9. The second kappa shape index (κ2) is 50.2. The lowest BCUT2D eigenvalue weighted by molar-refractivity contribution is -0.146. The number of benzene rings is 2. The number of aliphatic hydroxyl groups excluding tert-OH is 1. The third kappa shape index (κ3) is 34.2. The number of hydrogen-bond donors (Lipinski definition) is 28. The molecule has 33 N–H and O–H groups in total. The van der Waals surface area contributed by atoms with Crippen molar-refractivity contribution in [2.75, 3.05) is 56.5 Å². The lowest BCUT2D eigenvalue weighted by Crippen LogP contribution is -2.64. The number of phenolic OH excluding ortho intramolecular Hbond substituents is 2. The fourth-order valence-electron chi connectivity index (χ4n) is 12.5. The van der Waals surface area contributed by atoms with Gasteiger partial charge in [-0.25, -0.2) is 4.79 Å². The van der Waals surface area contributed by atoms with E-state index < -0.39 is 233 Å². The van der Waals surface area contributed by atoms with Crippen LogP contribution in [0.5, 0.6) is 11.5 Å². The van der Waals surface area contributed by atoms with Crippen molar-refractivity contribution in [3.8, 4) is 11.5 Å². The highest BCUT2D eigenvalue weighted by Gasteiger charge is 2.45. The molecule has 5 rings (SSSR count). The van der Waals surface area contributed by atoms with Crippen molar-refractivity contribution >= 4 is 172 Å². The van der Waals surface area contributed by atoms with E-state index >= 15 is 38.4 Å². The van der Waals surface area contributed by atoms with E-state index in [1.165, 1.54) is 56.3 Å². The fraction of sp³-hybridized carbons (Fsp3) is 0.577. The molecule has 0 aromatic heterocycles. The van der Waals surface area contributed by atoms with Crippen LogP contribution >= 0.6 is 65.8 Å². The van der Waals surface area contributed by atoms with E-state index in [1.807, 2.05) is 22.6 Å². The molecule has 13 amide bonds. The topological polar surface area (TPSA) is 743 Å². The molecule has 2 bridgehead atoms. The number of phenols is 2. The summed E-state index contributed by atoms with van der Waals surface area (Å²) < 4.78 is -1.48. The summed E-state index contributed by atoms with van der Waals surface area (Å²) in [6, 6.07) is -12.5. The van der Waals surface area contributed by atoms with Crippen LogP contribution in [-0.4, -0.2) is 283 Å². The van der Waals surface area contributed by atoms with E-state index in [9.17, 15) is 59.1 Å². The molecule has 3 aliphatic rings. The maximum Gasteiger partial charge on any atom is 0.326 e. The molecule has 2 aromatic carbocycles. The average Bonchev–Trinajstić information content (AvgIpc) is 0.954. The summed E-state index contributed by atoms with van der Waals surface area (Å²) in [5.74, 6) is -20.4. The first-order chi connectivity index (χ1) is 56.7. The zero-order valence-corrected chi connectivity index (χ0v) is 71.5. The summed E-state index contributed by atoms with van der Waals surface area (Å²) in [7, 11) is 3.16. The van der Waals surface area contributed by atoms with Gasteiger partial charge in [0.25, 0.3) is 0 Å². The average molecular weight is 1870 g/mol. The minimum atomic E-state index is -2.11. The molecular weight excluding hydrogens is 1760 g/mol. The maximum absolute atomic E-state index is 15.4. The Labute approximate surface area is 720 Å². The Balaban J connectivity index is 1.82. The van der Waals surface area contributed by atoms with E-state index in [4.69, 9.17) is 44.9 Å². The molecule has 44 nitrogen and oxygen atoms in total. The molecule has 2 aromatic rings. The van der Waals surface area contributed by atoms with Crippen LogP contribution < -0.4 is 108 Å². The zero-order valence-electron chi connectivity index (χ0n) is 66.1. The van der Waals surface area contributed by atoms with Gasteiger partial charge in [-0.3, -0.25) is 83.4 Å². The first kappa shape index (κ1) is 100. The van der Waals surface area contributed by atoms with Crippen LogP contribution in [0.2, 0.25) is 0 Å². The quantitative estimate of drug-likeness (QED) is 0.0114. The van der Waals surface area contributed by atoms with Gasteiger partial charge >= 0.3 is 11.9 Å². The van der Waals surface area contributed by atoms with Crippen LogP contribution in [0.1, 0.15) is 109 Å². The van der Waals surface area contributed by atoms with Gasteiger partial charge < -0.3 is 139 Å². The van der Waals surface area contributed by atoms with Gasteiger partial charge in [-0.05, 0) is 156 Å². The van der Waals surface area contributed by atoms with Gasteiger partial charge in [0.15, 0.2) is 17.9 Å². The SMILES string of the molecule is C[C@@H](O)[C@@H]1NC(=O)[C@H]2NC(=O)[C@H](NC(=O)CN)CSSC[C@H](NC(=O)[C@H](CCCNC(=N)N)NC(=O)[C@@H]3CCCN3C(=O)[C@H](CC(=O)O)NC1=O)C(=O)N[C@@H](CCCNC(=N)N)C(=O)N[C@@H](Cc1ccc(O)c(I)c1)C(=O)N[C@@H](CCCN)C(=O)N[C@H](C(=O)N[C@H](CC(=O)N[C@@H](CCCNC(=N)N)C(=O)O)Cc1ccc(O)cc1)CSSC2(C)C. The van der Waals surface area contributed by atoms with Crippen LogP contribution in [0.15, 0.2) is 42.5 Å². The molecule has 3 fully saturated rings. The second-order valence-corrected chi connectivity index (χ2v) is 35.6. The normalized spacial score (nSPS) is 23.7. The number of aromatic hydroxyl groups is 2. The third-order valence-corrected chi connectivity index (χ3v) is 25.4. The number of hydrogen-bond acceptors (Lipinski definition) is 27. The minimum Gasteiger partial charge on any atom is -0.508 e. The van der Waals surface area contributed by atoms with Gasteiger partial charge in [-0.15, -0.1) is 0 Å². The number of nitrogens with zero attached hydrogens (tertiary/aromatic N) is 1. The summed E-state index contributed by atoms with van der Waals surface area (Å²) in [6.45, 7) is 2.73. The monoisotopic (exact) mass is 1870 g/mol. The van der Waals surface area contributed by atoms with Crippen LogP contribution in [-0.2, 0) is 84.8 Å². The Hall–Kier alpha value is -10.1. The molecule has 14 atom stereocenters. The van der Waals surface area contributed by atoms with Crippen molar-refractivity contribution in [3.63, 3.8) is 0 Å². The number of aliphatic carboxylic acids is 2. The molecule has 3 aliphatic heterocycles. The van der Waals surface area contributed by atoms with Gasteiger partial charge in [-0.2, -0.15) is 0 Å². The third-order valence-electron chi connectivity index (χ3n) is 18.8. The summed E-state index contributed by atoms with van der Waals surface area (Å²) in [5, 5.41) is 114. The molecule has 664 valence electrons. The van der Waals surface area contributed by atoms with Crippen LogP contribution in [0.4, 0.5) is 0 Å². The number of carboxylic acids is 2. The van der Waals surface area contributed by atoms with Gasteiger partial charge in [0.05, 0.1) is 22.6 Å². The highest BCUT2D eigenvalue weighted by Crippen LogP contribution is 2.39. The van der Waals surface area contributed by atoms with E-state index in [0.29, 0.717) is 14.7 Å². The summed E-state index contributed by atoms with van der Waals surface area (Å²) in [6.07, 6.45) is -5.24. The smallest absolute Gasteiger partial charge is 0.326 e. The molecule has 0 spiro atoms. The highest BCUT2D eigenvalue weighted by molar-refractivity contribution is 14.1. The predicted molar refractivity (Wildman–Crippen MR) is 454 cm³/mol. The maximum atomic E-state index is 15.4. The van der Waals surface area contributed by atoms with Crippen molar-refractivity contribution in [3.05, 3.63) is 57.2 Å². The van der Waals surface area contributed by atoms with Crippen molar-refractivity contribution in [2.45, 2.75) is 200 Å². The Morgan fingerprint density at radius 3 is 1.75 bits per heavy atom. The molecule has 49 heteroatoms. The minimum absolute atomic E-state index is 0.000356. The number of halogens is 1. The predicted octanol–water partition coefficient (Wildman–Crippen LogP) is -6.32. The molecule has 0 saturated carbocycles. The van der Waals surface area contributed by atoms with E-state index in [-0.39, 0.29) is 121 Å². The number of nitrogens with one attached hydrogen (secondary N) is 18. The first-order valence-electron chi connectivity index (χ1n) is 38.2. The number of nitrogens with two attached hydrogens (primary N) is 5. The van der Waals surface area contributed by atoms with Crippen molar-refractivity contribution < 1.29 is 97.5 Å². The first-order valence-corrected chi connectivity index (χ1v) is 44.1. The number of aliphatic hydroxyl groups is 1. The number of amides is 13. The highest BCUT2D eigenvalue weighted by atomic mass is 127. The number of carbonyl (C=O) groups is 15. The summed E-state index contributed by atoms with van der Waals surface area (Å²) >= 11 is 1.83. The van der Waals surface area contributed by atoms with Crippen LogP contribution in [0.3, 0.4) is 0 Å². The van der Waals surface area contributed by atoms with Crippen molar-refractivity contribution in [1.82, 2.24) is 84.7 Å². The lowest BCUT2D eigenvalue weighted by atomic mass is 10.00. The molecule has 0 unspecified atom stereocenters. The van der Waals surface area contributed by atoms with Gasteiger partial charge in [0.1, 0.15) is 84.0 Å². The summed E-state index contributed by atoms with van der Waals surface area (Å²) in [4.78, 5) is 220. The number of rotatable bonds is 30. The number of guanidine groups is 3. The standard InChI is InChI=1S/C71H109IN24O20S4/c1-34(97)54-64(112)91-45(29-53(102)103)66(114)96-24-8-13-49(96)63(111)89-42(11-6-22-82-69(77)78)58(106)92-47-32-118-117-31-46(86-52(101)30-74)62(110)95-55(65(113)94-54)71(2,3)120-119-33-48(60(108)84-37(25-35-14-17-38(98)18-15-35)28-51(100)85-43(67(115)116)12-7-23-83-70(79)80)93-57(105)40(9-4-20-73)87-59(107)44(27-36-16-19-50(99)39(72)26-36)90-56(104)41(88-61(47)109)10-5-21-81-68(75)76/h14-19,26,34,37,40-49,54-55,97-99H,4-13,20-25,27-33,73-74H2,1-3H3,(H,84,108)(H,85,100)(H,86,101)(H,87,107)(H,88,109)(H,89,111)(H,90,104)(H,91,112)(H,92,106)(H,93,105)(H,94,113)(H,95,110)(H,102,103)(H,115,116)(H4,75,76,81)(H4,77,78,82)(H4,79,80,83)/t34-,37+,40+,41+,42+,43+,44+,45+,46-,47+,48+,49+,54+,55-/m1/s1. The van der Waals surface area contributed by atoms with E-state index in [1.54, 1.807) is 0 Å². The Kier molecular flexibility index (Phi) is 42.0. The Morgan fingerprint density at radius 2 is 1.17 bits per heavy atom. The lowest BCUT2D eigenvalue weighted by Gasteiger charge is -2.35. The van der Waals surface area contributed by atoms with Crippen molar-refractivity contribution in [1.29, 1.82) is 16.2 Å². The fourth-order valence-corrected chi connectivity index (χ4v) is 18.2. The van der Waals surface area contributed by atoms with Crippen molar-refractivity contribution in [2.24, 2.45) is 28.7 Å². The van der Waals surface area contributed by atoms with Crippen LogP contribution in [0, 0.1) is 19.8 Å². The van der Waals surface area contributed by atoms with Gasteiger partial charge in [0, 0.05) is 67.1 Å². The molecule has 0 aliphatic carbocycles. The van der Waals surface area contributed by atoms with E-state index in [2.05, 4.69) is 79.8 Å². The van der Waals surface area contributed by atoms with Gasteiger partial charge in [0.2, 0.25) is 76.8 Å². The number of carbonyl (C=O) groups excluding carboxylic acids is 13. The largest absolute Gasteiger partial charge is 0.508 e. The summed E-state index contributed by atoms with van der Waals surface area (Å²) in [5.41, 5.74) is 29.2. The molecule has 3 saturated heterocycles. The van der Waals surface area contributed by atoms with E-state index in [0.717, 1.165) is 55.0 Å². The Bertz CT molecular complexity index is 3990. The Morgan fingerprint density at radius 1 is 0.617 bits per heavy atom. The van der Waals surface area contributed by atoms with Crippen LogP contribution in [0.25, 0.3) is 0 Å². The molecule has 0 radical (unpaired) electrons. The molecule has 120 heavy (non-hydrogen) atoms. The molecular formula is C71H109IN24O20S4. The zero-order chi connectivity index (χ0) is 89.1. The number of fused-ring (bicyclic) bond motifs is 9. The molecule has 3 heterocycles. The van der Waals surface area contributed by atoms with Gasteiger partial charge in [-0.1, -0.05) is 61.4 Å². The number of carboxylic acid groups (broad SMARTS) is 2.